The lowest BCUT2D eigenvalue weighted by Gasteiger charge is -2.06. The highest BCUT2D eigenvalue weighted by Gasteiger charge is 2.10. The molecule has 0 radical (unpaired) electrons. The Morgan fingerprint density at radius 1 is 1.13 bits per heavy atom. The molecule has 1 heterocycles. The number of hydrogen-bond acceptors (Lipinski definition) is 5. The van der Waals surface area contributed by atoms with E-state index in [0.717, 1.165) is 22.8 Å². The first-order valence-electron chi connectivity index (χ1n) is 7.23. The molecule has 0 bridgehead atoms. The van der Waals surface area contributed by atoms with Gasteiger partial charge in [0.25, 0.3) is 0 Å². The van der Waals surface area contributed by atoms with Crippen LogP contribution in [-0.2, 0) is 0 Å². The lowest BCUT2D eigenvalue weighted by atomic mass is 10.2. The number of aliphatic hydroxyl groups is 1. The lowest BCUT2D eigenvalue weighted by Crippen LogP contribution is -2.01. The molecule has 5 nitrogen and oxygen atoms in total. The van der Waals surface area contributed by atoms with Crippen molar-refractivity contribution in [3.05, 3.63) is 59.4 Å². The third-order valence-electron chi connectivity index (χ3n) is 3.25. The predicted octanol–water partition coefficient (Wildman–Crippen LogP) is 2.50. The molecule has 3 aromatic rings. The summed E-state index contributed by atoms with van der Waals surface area (Å²) >= 11 is 1.45. The van der Waals surface area contributed by atoms with Gasteiger partial charge >= 0.3 is 0 Å². The summed E-state index contributed by atoms with van der Waals surface area (Å²) < 4.78 is 7.25. The van der Waals surface area contributed by atoms with Crippen molar-refractivity contribution in [2.45, 2.75) is 0 Å². The van der Waals surface area contributed by atoms with Gasteiger partial charge in [-0.1, -0.05) is 18.2 Å². The van der Waals surface area contributed by atoms with Crippen LogP contribution < -0.4 is 9.54 Å². The fourth-order valence-electron chi connectivity index (χ4n) is 2.15. The van der Waals surface area contributed by atoms with Crippen LogP contribution in [0.4, 0.5) is 0 Å². The highest BCUT2D eigenvalue weighted by Crippen LogP contribution is 2.24. The molecular formula is C17H17N3O2S. The Morgan fingerprint density at radius 3 is 2.52 bits per heavy atom. The van der Waals surface area contributed by atoms with E-state index >= 15 is 0 Å². The Bertz CT molecular complexity index is 823. The largest absolute Gasteiger partial charge is 0.497 e. The van der Waals surface area contributed by atoms with Crippen LogP contribution in [0.2, 0.25) is 0 Å². The minimum atomic E-state index is 0.0167. The van der Waals surface area contributed by atoms with E-state index in [4.69, 9.17) is 9.84 Å². The van der Waals surface area contributed by atoms with Crippen LogP contribution in [0.3, 0.4) is 0 Å². The van der Waals surface area contributed by atoms with Crippen molar-refractivity contribution in [3.8, 4) is 22.8 Å². The Hall–Kier alpha value is -2.44. The van der Waals surface area contributed by atoms with E-state index in [1.165, 1.54) is 11.5 Å². The normalized spacial score (nSPS) is 11.7. The number of nitrogens with zero attached hydrogens (tertiary/aromatic N) is 3. The second-order valence-corrected chi connectivity index (χ2v) is 5.69. The monoisotopic (exact) mass is 327 g/mol. The zero-order valence-corrected chi connectivity index (χ0v) is 13.5. The van der Waals surface area contributed by atoms with Crippen molar-refractivity contribution >= 4 is 11.5 Å². The molecule has 3 rings (SSSR count). The first-order chi connectivity index (χ1) is 11.3. The van der Waals surface area contributed by atoms with Crippen LogP contribution in [0.5, 0.6) is 5.75 Å². The van der Waals surface area contributed by atoms with Crippen molar-refractivity contribution in [2.24, 2.45) is 4.99 Å². The summed E-state index contributed by atoms with van der Waals surface area (Å²) in [6, 6.07) is 17.8. The second-order valence-electron chi connectivity index (χ2n) is 4.77. The molecule has 6 heteroatoms. The fourth-order valence-corrected chi connectivity index (χ4v) is 3.05. The van der Waals surface area contributed by atoms with E-state index in [1.54, 1.807) is 7.11 Å². The van der Waals surface area contributed by atoms with E-state index in [0.29, 0.717) is 11.3 Å². The molecule has 1 N–H and O–H groups in total. The van der Waals surface area contributed by atoms with Crippen LogP contribution >= 0.6 is 11.5 Å². The van der Waals surface area contributed by atoms with Gasteiger partial charge in [0.1, 0.15) is 5.75 Å². The molecular weight excluding hydrogens is 310 g/mol. The number of methoxy groups -OCH3 is 1. The molecule has 0 aliphatic rings. The van der Waals surface area contributed by atoms with Gasteiger partial charge in [-0.15, -0.1) is 0 Å². The molecule has 0 aliphatic carbocycles. The molecule has 0 aliphatic heterocycles. The smallest absolute Gasteiger partial charge is 0.223 e. The number of rotatable bonds is 5. The topological polar surface area (TPSA) is 59.6 Å². The maximum absolute atomic E-state index is 8.96. The maximum atomic E-state index is 8.96. The Labute approximate surface area is 138 Å². The average Bonchev–Trinajstić information content (AvgIpc) is 3.05. The van der Waals surface area contributed by atoms with Gasteiger partial charge in [-0.25, -0.2) is 3.96 Å². The van der Waals surface area contributed by atoms with E-state index in [-0.39, 0.29) is 6.61 Å². The molecule has 0 unspecified atom stereocenters. The summed E-state index contributed by atoms with van der Waals surface area (Å²) in [6.07, 6.45) is 0. The highest BCUT2D eigenvalue weighted by atomic mass is 32.1. The number of para-hydroxylation sites is 1. The molecule has 0 amide bonds. The maximum Gasteiger partial charge on any atom is 0.223 e. The zero-order chi connectivity index (χ0) is 16.1. The second kappa shape index (κ2) is 7.21. The van der Waals surface area contributed by atoms with E-state index < -0.39 is 0 Å². The van der Waals surface area contributed by atoms with Crippen LogP contribution in [0.25, 0.3) is 17.1 Å². The minimum absolute atomic E-state index is 0.0167. The molecule has 1 aromatic heterocycles. The van der Waals surface area contributed by atoms with Gasteiger partial charge in [-0.05, 0) is 47.9 Å². The molecule has 0 fully saturated rings. The van der Waals surface area contributed by atoms with Gasteiger partial charge in [-0.2, -0.15) is 4.98 Å². The van der Waals surface area contributed by atoms with E-state index in [1.807, 2.05) is 58.6 Å². The van der Waals surface area contributed by atoms with Gasteiger partial charge in [0.15, 0.2) is 5.82 Å². The van der Waals surface area contributed by atoms with Gasteiger partial charge < -0.3 is 9.84 Å². The molecule has 118 valence electrons. The first-order valence-corrected chi connectivity index (χ1v) is 8.01. The van der Waals surface area contributed by atoms with Crippen molar-refractivity contribution in [1.29, 1.82) is 0 Å². The number of aliphatic hydroxyl groups excluding tert-OH is 1. The van der Waals surface area contributed by atoms with Crippen LogP contribution in [0, 0.1) is 0 Å². The quantitative estimate of drug-likeness (QED) is 0.783. The van der Waals surface area contributed by atoms with Gasteiger partial charge in [-0.3, -0.25) is 4.99 Å². The average molecular weight is 327 g/mol. The third kappa shape index (κ3) is 3.49. The number of hydrogen-bond donors (Lipinski definition) is 1. The van der Waals surface area contributed by atoms with Crippen molar-refractivity contribution in [2.75, 3.05) is 20.3 Å². The molecule has 23 heavy (non-hydrogen) atoms. The Morgan fingerprint density at radius 2 is 1.87 bits per heavy atom. The standard InChI is InChI=1S/C17H17N3O2S/c1-22-15-9-7-13(8-10-15)16-19-17(18-11-12-21)23-20(16)14-5-3-2-4-6-14/h2-10,21H,11-12H2,1H3. The van der Waals surface area contributed by atoms with Gasteiger partial charge in [0.05, 0.1) is 25.9 Å². The first kappa shape index (κ1) is 15.5. The molecule has 0 atom stereocenters. The van der Waals surface area contributed by atoms with Crippen LogP contribution in [0.1, 0.15) is 0 Å². The number of ether oxygens (including phenoxy) is 1. The summed E-state index contributed by atoms with van der Waals surface area (Å²) in [5.41, 5.74) is 2.01. The van der Waals surface area contributed by atoms with E-state index in [9.17, 15) is 0 Å². The summed E-state index contributed by atoms with van der Waals surface area (Å²) in [4.78, 5) is 9.56. The van der Waals surface area contributed by atoms with Gasteiger partial charge in [0.2, 0.25) is 4.80 Å². The van der Waals surface area contributed by atoms with Crippen molar-refractivity contribution < 1.29 is 9.84 Å². The summed E-state index contributed by atoms with van der Waals surface area (Å²) in [7, 11) is 1.65. The van der Waals surface area contributed by atoms with Crippen molar-refractivity contribution in [3.63, 3.8) is 0 Å². The predicted molar refractivity (Wildman–Crippen MR) is 90.9 cm³/mol. The molecule has 0 spiro atoms. The van der Waals surface area contributed by atoms with Gasteiger partial charge in [0, 0.05) is 5.56 Å². The van der Waals surface area contributed by atoms with Crippen molar-refractivity contribution in [1.82, 2.24) is 8.94 Å². The summed E-state index contributed by atoms with van der Waals surface area (Å²) in [5.74, 6) is 1.63. The number of benzene rings is 2. The number of aromatic nitrogens is 2. The molecule has 2 aromatic carbocycles. The zero-order valence-electron chi connectivity index (χ0n) is 12.7. The summed E-state index contributed by atoms with van der Waals surface area (Å²) in [5, 5.41) is 8.96. The Kier molecular flexibility index (Phi) is 4.85. The SMILES string of the molecule is COc1ccc(-c2nc(=NCCO)sn2-c2ccccc2)cc1. The highest BCUT2D eigenvalue weighted by molar-refractivity contribution is 7.04. The fraction of sp³-hybridized carbons (Fsp3) is 0.176. The van der Waals surface area contributed by atoms with Crippen LogP contribution in [0.15, 0.2) is 59.6 Å². The molecule has 0 saturated carbocycles. The molecule has 0 saturated heterocycles. The Balaban J connectivity index is 2.11. The minimum Gasteiger partial charge on any atom is -0.497 e. The van der Waals surface area contributed by atoms with E-state index in [2.05, 4.69) is 9.98 Å². The summed E-state index contributed by atoms with van der Waals surface area (Å²) in [6.45, 7) is 0.368. The van der Waals surface area contributed by atoms with Crippen LogP contribution in [-0.4, -0.2) is 34.3 Å². The lowest BCUT2D eigenvalue weighted by molar-refractivity contribution is 0.305. The third-order valence-corrected chi connectivity index (χ3v) is 4.20.